The van der Waals surface area contributed by atoms with E-state index in [-0.39, 0.29) is 5.91 Å². The number of carbonyl (C=O) groups excluding carboxylic acids is 1. The molecule has 0 atom stereocenters. The molecule has 0 saturated carbocycles. The van der Waals surface area contributed by atoms with E-state index < -0.39 is 0 Å². The van der Waals surface area contributed by atoms with Crippen molar-refractivity contribution in [1.29, 1.82) is 0 Å². The molecule has 4 rings (SSSR count). The fourth-order valence-electron chi connectivity index (χ4n) is 3.17. The van der Waals surface area contributed by atoms with Crippen LogP contribution in [0.4, 0.5) is 5.82 Å². The Labute approximate surface area is 133 Å². The number of carbonyl (C=O) groups is 1. The zero-order valence-electron chi connectivity index (χ0n) is 13.2. The van der Waals surface area contributed by atoms with E-state index in [0.717, 1.165) is 38.9 Å². The number of amides is 1. The lowest BCUT2D eigenvalue weighted by molar-refractivity contribution is -0.114. The van der Waals surface area contributed by atoms with Gasteiger partial charge in [0.25, 0.3) is 0 Å². The highest BCUT2D eigenvalue weighted by atomic mass is 16.1. The van der Waals surface area contributed by atoms with E-state index in [0.29, 0.717) is 5.82 Å². The van der Waals surface area contributed by atoms with E-state index in [4.69, 9.17) is 4.98 Å². The first-order valence-electron chi connectivity index (χ1n) is 7.48. The van der Waals surface area contributed by atoms with Gasteiger partial charge in [-0.3, -0.25) is 4.79 Å². The fourth-order valence-corrected chi connectivity index (χ4v) is 3.17. The Morgan fingerprint density at radius 3 is 2.65 bits per heavy atom. The van der Waals surface area contributed by atoms with Crippen molar-refractivity contribution < 1.29 is 4.79 Å². The van der Waals surface area contributed by atoms with Crippen LogP contribution in [0, 0.1) is 6.92 Å². The van der Waals surface area contributed by atoms with E-state index >= 15 is 0 Å². The molecule has 2 aliphatic rings. The first kappa shape index (κ1) is 13.7. The van der Waals surface area contributed by atoms with Gasteiger partial charge in [-0.2, -0.15) is 0 Å². The molecule has 0 saturated heterocycles. The van der Waals surface area contributed by atoms with Gasteiger partial charge in [-0.25, -0.2) is 9.97 Å². The van der Waals surface area contributed by atoms with Crippen LogP contribution in [0.25, 0.3) is 33.3 Å². The summed E-state index contributed by atoms with van der Waals surface area (Å²) in [6, 6.07) is 12.0. The Bertz CT molecular complexity index is 1050. The summed E-state index contributed by atoms with van der Waals surface area (Å²) < 4.78 is 1.99. The smallest absolute Gasteiger partial charge is 0.222 e. The maximum absolute atomic E-state index is 11.3. The predicted octanol–water partition coefficient (Wildman–Crippen LogP) is 3.49. The normalized spacial score (nSPS) is 11.4. The fraction of sp³-hybridized carbons (Fsp3) is 0.167. The van der Waals surface area contributed by atoms with E-state index in [1.165, 1.54) is 6.92 Å². The van der Waals surface area contributed by atoms with Crippen LogP contribution in [0.3, 0.4) is 0 Å². The highest BCUT2D eigenvalue weighted by Crippen LogP contribution is 2.37. The maximum Gasteiger partial charge on any atom is 0.222 e. The molecule has 5 heteroatoms. The van der Waals surface area contributed by atoms with Gasteiger partial charge in [0, 0.05) is 30.3 Å². The van der Waals surface area contributed by atoms with Gasteiger partial charge in [0.2, 0.25) is 5.91 Å². The topological polar surface area (TPSA) is 59.8 Å². The maximum atomic E-state index is 11.3. The second-order valence-electron chi connectivity index (χ2n) is 5.76. The minimum atomic E-state index is -0.130. The van der Waals surface area contributed by atoms with Crippen LogP contribution < -0.4 is 5.32 Å². The second kappa shape index (κ2) is 4.78. The van der Waals surface area contributed by atoms with E-state index in [1.807, 2.05) is 41.9 Å². The SMILES string of the molecule is CC(=O)Nc1ccc2c(C)c3c4ccccc4nc-3n(C)c2n1. The van der Waals surface area contributed by atoms with E-state index in [2.05, 4.69) is 23.3 Å². The van der Waals surface area contributed by atoms with Gasteiger partial charge in [0.15, 0.2) is 0 Å². The number of hydrogen-bond donors (Lipinski definition) is 1. The zero-order chi connectivity index (χ0) is 16.1. The Kier molecular flexibility index (Phi) is 2.84. The molecular formula is C18H16N4O. The van der Waals surface area contributed by atoms with Crippen LogP contribution in [0.1, 0.15) is 12.5 Å². The summed E-state index contributed by atoms with van der Waals surface area (Å²) in [5.74, 6) is 1.33. The minimum Gasteiger partial charge on any atom is -0.313 e. The van der Waals surface area contributed by atoms with Crippen molar-refractivity contribution >= 4 is 33.7 Å². The third-order valence-electron chi connectivity index (χ3n) is 4.22. The number of anilines is 1. The number of aryl methyl sites for hydroxylation is 2. The van der Waals surface area contributed by atoms with Crippen molar-refractivity contribution in [2.24, 2.45) is 7.05 Å². The van der Waals surface area contributed by atoms with Gasteiger partial charge in [0.05, 0.1) is 5.52 Å². The number of aromatic nitrogens is 3. The lowest BCUT2D eigenvalue weighted by Crippen LogP contribution is -2.10. The zero-order valence-corrected chi connectivity index (χ0v) is 13.2. The monoisotopic (exact) mass is 304 g/mol. The standard InChI is InChI=1S/C18H16N4O/c1-10-12-8-9-15(19-11(2)23)21-17(12)22(3)18-16(10)13-6-4-5-7-14(13)20-18/h4-9H,1-3H3,(H,19,21,23). The highest BCUT2D eigenvalue weighted by Gasteiger charge is 2.20. The van der Waals surface area contributed by atoms with Crippen LogP contribution in [0.5, 0.6) is 0 Å². The number of rotatable bonds is 1. The summed E-state index contributed by atoms with van der Waals surface area (Å²) in [6.07, 6.45) is 0. The quantitative estimate of drug-likeness (QED) is 0.585. The third-order valence-corrected chi connectivity index (χ3v) is 4.22. The molecule has 5 nitrogen and oxygen atoms in total. The van der Waals surface area contributed by atoms with Gasteiger partial charge in [-0.05, 0) is 30.7 Å². The number of hydrogen-bond acceptors (Lipinski definition) is 3. The van der Waals surface area contributed by atoms with Crippen molar-refractivity contribution in [1.82, 2.24) is 14.5 Å². The summed E-state index contributed by atoms with van der Waals surface area (Å²) in [5.41, 5.74) is 4.11. The largest absolute Gasteiger partial charge is 0.313 e. The van der Waals surface area contributed by atoms with Crippen LogP contribution >= 0.6 is 0 Å². The molecule has 1 aromatic heterocycles. The number of benzene rings is 1. The molecule has 0 bridgehead atoms. The van der Waals surface area contributed by atoms with Gasteiger partial charge < -0.3 is 9.88 Å². The molecule has 2 aliphatic heterocycles. The molecule has 0 spiro atoms. The number of pyridine rings is 2. The predicted molar refractivity (Wildman–Crippen MR) is 91.7 cm³/mol. The average Bonchev–Trinajstić information content (AvgIpc) is 2.92. The van der Waals surface area contributed by atoms with Crippen molar-refractivity contribution in [3.8, 4) is 11.4 Å². The number of fused-ring (bicyclic) bond motifs is 4. The molecule has 0 aliphatic carbocycles. The molecule has 0 fully saturated rings. The lowest BCUT2D eigenvalue weighted by Gasteiger charge is -2.15. The Balaban J connectivity index is 2.12. The first-order chi connectivity index (χ1) is 11.1. The first-order valence-corrected chi connectivity index (χ1v) is 7.48. The lowest BCUT2D eigenvalue weighted by atomic mass is 10.0. The Morgan fingerprint density at radius 2 is 1.87 bits per heavy atom. The van der Waals surface area contributed by atoms with Crippen molar-refractivity contribution in [3.63, 3.8) is 0 Å². The molecule has 0 unspecified atom stereocenters. The molecule has 23 heavy (non-hydrogen) atoms. The molecular weight excluding hydrogens is 288 g/mol. The van der Waals surface area contributed by atoms with Crippen LogP contribution in [-0.4, -0.2) is 20.4 Å². The Hall–Kier alpha value is -2.95. The second-order valence-corrected chi connectivity index (χ2v) is 5.76. The van der Waals surface area contributed by atoms with E-state index in [1.54, 1.807) is 0 Å². The van der Waals surface area contributed by atoms with E-state index in [9.17, 15) is 4.79 Å². The minimum absolute atomic E-state index is 0.130. The number of nitrogens with one attached hydrogen (secondary N) is 1. The van der Waals surface area contributed by atoms with Gasteiger partial charge in [-0.1, -0.05) is 18.2 Å². The molecule has 2 aromatic rings. The number of nitrogens with zero attached hydrogens (tertiary/aromatic N) is 3. The summed E-state index contributed by atoms with van der Waals surface area (Å²) in [5, 5.41) is 4.95. The Morgan fingerprint density at radius 1 is 1.09 bits per heavy atom. The summed E-state index contributed by atoms with van der Waals surface area (Å²) in [4.78, 5) is 20.6. The summed E-state index contributed by atoms with van der Waals surface area (Å²) in [6.45, 7) is 3.57. The van der Waals surface area contributed by atoms with Crippen molar-refractivity contribution in [3.05, 3.63) is 42.0 Å². The number of para-hydroxylation sites is 1. The molecule has 1 amide bonds. The van der Waals surface area contributed by atoms with Gasteiger partial charge >= 0.3 is 0 Å². The van der Waals surface area contributed by atoms with Crippen molar-refractivity contribution in [2.75, 3.05) is 5.32 Å². The van der Waals surface area contributed by atoms with Crippen LogP contribution in [0.15, 0.2) is 36.4 Å². The molecule has 0 radical (unpaired) electrons. The van der Waals surface area contributed by atoms with Crippen molar-refractivity contribution in [2.45, 2.75) is 13.8 Å². The summed E-state index contributed by atoms with van der Waals surface area (Å²) in [7, 11) is 1.96. The molecule has 1 N–H and O–H groups in total. The third kappa shape index (κ3) is 1.97. The highest BCUT2D eigenvalue weighted by molar-refractivity contribution is 6.03. The summed E-state index contributed by atoms with van der Waals surface area (Å²) >= 11 is 0. The van der Waals surface area contributed by atoms with Crippen LogP contribution in [0.2, 0.25) is 0 Å². The average molecular weight is 304 g/mol. The molecule has 3 heterocycles. The van der Waals surface area contributed by atoms with Gasteiger partial charge in [-0.15, -0.1) is 0 Å². The van der Waals surface area contributed by atoms with Crippen LogP contribution in [-0.2, 0) is 11.8 Å². The molecule has 1 aromatic carbocycles. The van der Waals surface area contributed by atoms with Gasteiger partial charge in [0.1, 0.15) is 17.3 Å². The molecule has 114 valence electrons.